The highest BCUT2D eigenvalue weighted by molar-refractivity contribution is 5.84. The van der Waals surface area contributed by atoms with Gasteiger partial charge in [0.2, 0.25) is 0 Å². The van der Waals surface area contributed by atoms with Gasteiger partial charge in [-0.15, -0.1) is 0 Å². The number of hydrogen-bond donors (Lipinski definition) is 1. The summed E-state index contributed by atoms with van der Waals surface area (Å²) in [7, 11) is 1.46. The van der Waals surface area contributed by atoms with Crippen molar-refractivity contribution in [3.05, 3.63) is 29.8 Å². The van der Waals surface area contributed by atoms with Crippen molar-refractivity contribution in [2.75, 3.05) is 13.7 Å². The molecule has 0 heterocycles. The number of amides is 1. The second-order valence-electron chi connectivity index (χ2n) is 6.05. The van der Waals surface area contributed by atoms with Crippen LogP contribution >= 0.6 is 0 Å². The molecule has 1 N–H and O–H groups in total. The van der Waals surface area contributed by atoms with Crippen LogP contribution in [0, 0.1) is 0 Å². The number of carbonyl (C=O) groups excluding carboxylic acids is 1. The lowest BCUT2D eigenvalue weighted by atomic mass is 9.86. The van der Waals surface area contributed by atoms with Crippen LogP contribution in [0.1, 0.15) is 33.3 Å². The molecule has 0 radical (unpaired) electrons. The summed E-state index contributed by atoms with van der Waals surface area (Å²) in [4.78, 5) is 24.0. The second kappa shape index (κ2) is 6.61. The molecule has 0 saturated carbocycles. The smallest absolute Gasteiger partial charge is 0.326 e. The van der Waals surface area contributed by atoms with Crippen LogP contribution in [-0.4, -0.2) is 41.6 Å². The Bertz CT molecular complexity index is 519. The van der Waals surface area contributed by atoms with Crippen LogP contribution in [0.3, 0.4) is 0 Å². The van der Waals surface area contributed by atoms with Crippen molar-refractivity contribution in [1.29, 1.82) is 0 Å². The van der Waals surface area contributed by atoms with Crippen LogP contribution in [0.5, 0.6) is 5.75 Å². The molecule has 5 heteroatoms. The monoisotopic (exact) mass is 293 g/mol. The van der Waals surface area contributed by atoms with E-state index in [2.05, 4.69) is 20.8 Å². The Morgan fingerprint density at radius 1 is 1.29 bits per heavy atom. The van der Waals surface area contributed by atoms with Gasteiger partial charge in [0.1, 0.15) is 11.8 Å². The van der Waals surface area contributed by atoms with E-state index in [1.807, 2.05) is 24.3 Å². The van der Waals surface area contributed by atoms with E-state index in [1.165, 1.54) is 18.9 Å². The van der Waals surface area contributed by atoms with Gasteiger partial charge in [-0.25, -0.2) is 4.79 Å². The third kappa shape index (κ3) is 4.48. The van der Waals surface area contributed by atoms with Gasteiger partial charge in [0.05, 0.1) is 0 Å². The third-order valence-electron chi connectivity index (χ3n) is 3.38. The van der Waals surface area contributed by atoms with Crippen molar-refractivity contribution in [2.24, 2.45) is 0 Å². The summed E-state index contributed by atoms with van der Waals surface area (Å²) in [6, 6.07) is 6.67. The van der Waals surface area contributed by atoms with Crippen molar-refractivity contribution in [3.63, 3.8) is 0 Å². The van der Waals surface area contributed by atoms with E-state index >= 15 is 0 Å². The van der Waals surface area contributed by atoms with Gasteiger partial charge in [-0.1, -0.05) is 39.0 Å². The number of carboxylic acids is 1. The minimum atomic E-state index is -1.04. The van der Waals surface area contributed by atoms with Crippen LogP contribution in [0.4, 0.5) is 0 Å². The van der Waals surface area contributed by atoms with Crippen molar-refractivity contribution in [2.45, 2.75) is 39.2 Å². The van der Waals surface area contributed by atoms with E-state index in [-0.39, 0.29) is 17.9 Å². The third-order valence-corrected chi connectivity index (χ3v) is 3.38. The molecule has 1 unspecified atom stereocenters. The molecule has 0 aliphatic rings. The molecule has 0 aliphatic carbocycles. The zero-order valence-electron chi connectivity index (χ0n) is 13.2. The normalized spacial score (nSPS) is 12.6. The summed E-state index contributed by atoms with van der Waals surface area (Å²) in [5, 5.41) is 8.90. The summed E-state index contributed by atoms with van der Waals surface area (Å²) in [6.07, 6.45) is 0. The van der Waals surface area contributed by atoms with Gasteiger partial charge in [-0.2, -0.15) is 0 Å². The number of hydrogen-bond acceptors (Lipinski definition) is 3. The molecule has 21 heavy (non-hydrogen) atoms. The van der Waals surface area contributed by atoms with E-state index < -0.39 is 12.0 Å². The number of likely N-dealkylation sites (N-methyl/N-ethyl adjacent to an activating group) is 1. The fourth-order valence-corrected chi connectivity index (χ4v) is 1.84. The Morgan fingerprint density at radius 2 is 1.86 bits per heavy atom. The van der Waals surface area contributed by atoms with Crippen molar-refractivity contribution in [1.82, 2.24) is 4.90 Å². The van der Waals surface area contributed by atoms with E-state index in [9.17, 15) is 9.59 Å². The Balaban J connectivity index is 2.77. The van der Waals surface area contributed by atoms with E-state index in [0.717, 1.165) is 5.56 Å². The van der Waals surface area contributed by atoms with Crippen molar-refractivity contribution in [3.8, 4) is 5.75 Å². The lowest BCUT2D eigenvalue weighted by Crippen LogP contribution is -2.42. The molecule has 0 spiro atoms. The van der Waals surface area contributed by atoms with Gasteiger partial charge in [-0.3, -0.25) is 4.79 Å². The quantitative estimate of drug-likeness (QED) is 0.904. The number of para-hydroxylation sites is 1. The Morgan fingerprint density at radius 3 is 2.38 bits per heavy atom. The number of ether oxygens (including phenoxy) is 1. The van der Waals surface area contributed by atoms with Crippen LogP contribution in [-0.2, 0) is 15.0 Å². The number of benzene rings is 1. The molecular weight excluding hydrogens is 270 g/mol. The molecule has 1 aromatic rings. The highest BCUT2D eigenvalue weighted by Crippen LogP contribution is 2.30. The molecule has 1 rings (SSSR count). The molecule has 116 valence electrons. The number of aliphatic carboxylic acids is 1. The zero-order valence-corrected chi connectivity index (χ0v) is 13.2. The molecule has 0 saturated heterocycles. The standard InChI is InChI=1S/C16H23NO4/c1-11(15(19)20)17(5)14(18)10-21-13-9-7-6-8-12(13)16(2,3)4/h6-9,11H,10H2,1-5H3,(H,19,20). The molecule has 0 fully saturated rings. The Kier molecular flexibility index (Phi) is 5.35. The molecule has 0 aromatic heterocycles. The average molecular weight is 293 g/mol. The number of nitrogens with zero attached hydrogens (tertiary/aromatic N) is 1. The van der Waals surface area contributed by atoms with Gasteiger partial charge >= 0.3 is 5.97 Å². The van der Waals surface area contributed by atoms with Crippen molar-refractivity contribution < 1.29 is 19.4 Å². The highest BCUT2D eigenvalue weighted by atomic mass is 16.5. The largest absolute Gasteiger partial charge is 0.483 e. The summed E-state index contributed by atoms with van der Waals surface area (Å²) >= 11 is 0. The van der Waals surface area contributed by atoms with Gasteiger partial charge in [0.15, 0.2) is 6.61 Å². The zero-order chi connectivity index (χ0) is 16.2. The second-order valence-corrected chi connectivity index (χ2v) is 6.05. The summed E-state index contributed by atoms with van der Waals surface area (Å²) in [5.74, 6) is -0.760. The predicted molar refractivity (Wildman–Crippen MR) is 80.5 cm³/mol. The molecule has 0 bridgehead atoms. The van der Waals surface area contributed by atoms with Crippen molar-refractivity contribution >= 4 is 11.9 Å². The maximum Gasteiger partial charge on any atom is 0.326 e. The Labute approximate surface area is 125 Å². The molecule has 1 atom stereocenters. The first-order valence-corrected chi connectivity index (χ1v) is 6.85. The molecule has 0 aliphatic heterocycles. The van der Waals surface area contributed by atoms with E-state index in [0.29, 0.717) is 5.75 Å². The van der Waals surface area contributed by atoms with E-state index in [1.54, 1.807) is 0 Å². The van der Waals surface area contributed by atoms with E-state index in [4.69, 9.17) is 9.84 Å². The fourth-order valence-electron chi connectivity index (χ4n) is 1.84. The topological polar surface area (TPSA) is 66.8 Å². The molecule has 1 aromatic carbocycles. The number of carbonyl (C=O) groups is 2. The lowest BCUT2D eigenvalue weighted by Gasteiger charge is -2.24. The van der Waals surface area contributed by atoms with Crippen LogP contribution in [0.2, 0.25) is 0 Å². The molecule has 1 amide bonds. The first-order chi connectivity index (χ1) is 9.64. The summed E-state index contributed by atoms with van der Waals surface area (Å²) in [5.41, 5.74) is 0.909. The van der Waals surface area contributed by atoms with Crippen LogP contribution < -0.4 is 4.74 Å². The van der Waals surface area contributed by atoms with Gasteiger partial charge in [0, 0.05) is 7.05 Å². The maximum atomic E-state index is 12.0. The summed E-state index contributed by atoms with van der Waals surface area (Å²) in [6.45, 7) is 7.48. The summed E-state index contributed by atoms with van der Waals surface area (Å²) < 4.78 is 5.59. The fraction of sp³-hybridized carbons (Fsp3) is 0.500. The molecular formula is C16H23NO4. The van der Waals surface area contributed by atoms with Crippen LogP contribution in [0.15, 0.2) is 24.3 Å². The maximum absolute atomic E-state index is 12.0. The van der Waals surface area contributed by atoms with Gasteiger partial charge < -0.3 is 14.7 Å². The number of carboxylic acid groups (broad SMARTS) is 1. The molecule has 5 nitrogen and oxygen atoms in total. The minimum Gasteiger partial charge on any atom is -0.483 e. The number of rotatable bonds is 5. The lowest BCUT2D eigenvalue weighted by molar-refractivity contribution is -0.148. The highest BCUT2D eigenvalue weighted by Gasteiger charge is 2.23. The van der Waals surface area contributed by atoms with Gasteiger partial charge in [0.25, 0.3) is 5.91 Å². The van der Waals surface area contributed by atoms with Gasteiger partial charge in [-0.05, 0) is 24.0 Å². The Hall–Kier alpha value is -2.04. The minimum absolute atomic E-state index is 0.0973. The SMILES string of the molecule is CC(C(=O)O)N(C)C(=O)COc1ccccc1C(C)(C)C. The average Bonchev–Trinajstić information content (AvgIpc) is 2.42. The predicted octanol–water partition coefficient (Wildman–Crippen LogP) is 2.29. The van der Waals surface area contributed by atoms with Crippen LogP contribution in [0.25, 0.3) is 0 Å². The first kappa shape index (κ1) is 17.0. The first-order valence-electron chi connectivity index (χ1n) is 6.85.